The van der Waals surface area contributed by atoms with Crippen molar-refractivity contribution < 1.29 is 5.11 Å². The number of hydrogen-bond acceptors (Lipinski definition) is 2. The van der Waals surface area contributed by atoms with Crippen molar-refractivity contribution in [2.24, 2.45) is 0 Å². The van der Waals surface area contributed by atoms with Gasteiger partial charge in [-0.25, -0.2) is 0 Å². The molecule has 13 heavy (non-hydrogen) atoms. The molecule has 0 saturated carbocycles. The Kier molecular flexibility index (Phi) is 2.62. The molecule has 0 radical (unpaired) electrons. The van der Waals surface area contributed by atoms with Gasteiger partial charge in [0.25, 0.3) is 0 Å². The molecule has 1 fully saturated rings. The lowest BCUT2D eigenvalue weighted by Gasteiger charge is -2.17. The zero-order valence-electron chi connectivity index (χ0n) is 7.61. The van der Waals surface area contributed by atoms with Crippen molar-refractivity contribution in [1.29, 1.82) is 0 Å². The lowest BCUT2D eigenvalue weighted by molar-refractivity contribution is 0.245. The van der Waals surface area contributed by atoms with Gasteiger partial charge in [-0.2, -0.15) is 0 Å². The van der Waals surface area contributed by atoms with Crippen molar-refractivity contribution >= 4 is 0 Å². The first-order valence-corrected chi connectivity index (χ1v) is 4.81. The van der Waals surface area contributed by atoms with Crippen molar-refractivity contribution in [2.45, 2.75) is 18.4 Å². The van der Waals surface area contributed by atoms with Crippen molar-refractivity contribution in [2.75, 3.05) is 13.2 Å². The van der Waals surface area contributed by atoms with Crippen molar-refractivity contribution in [3.63, 3.8) is 0 Å². The summed E-state index contributed by atoms with van der Waals surface area (Å²) in [6.45, 7) is 1.25. The summed E-state index contributed by atoms with van der Waals surface area (Å²) >= 11 is 0. The van der Waals surface area contributed by atoms with Crippen LogP contribution in [0.5, 0.6) is 0 Å². The summed E-state index contributed by atoms with van der Waals surface area (Å²) in [6, 6.07) is 10.7. The van der Waals surface area contributed by atoms with Gasteiger partial charge in [0.15, 0.2) is 0 Å². The second kappa shape index (κ2) is 3.90. The molecule has 0 unspecified atom stereocenters. The van der Waals surface area contributed by atoms with Gasteiger partial charge in [0.1, 0.15) is 0 Å². The Morgan fingerprint density at radius 3 is 2.77 bits per heavy atom. The Balaban J connectivity index is 2.16. The summed E-state index contributed by atoms with van der Waals surface area (Å²) in [7, 11) is 0. The van der Waals surface area contributed by atoms with Crippen LogP contribution < -0.4 is 5.32 Å². The molecule has 0 amide bonds. The minimum Gasteiger partial charge on any atom is -0.395 e. The number of rotatable bonds is 2. The Morgan fingerprint density at radius 1 is 1.31 bits per heavy atom. The van der Waals surface area contributed by atoms with Gasteiger partial charge < -0.3 is 10.4 Å². The van der Waals surface area contributed by atoms with Gasteiger partial charge >= 0.3 is 0 Å². The summed E-state index contributed by atoms with van der Waals surface area (Å²) in [6.07, 6.45) is 1.13. The Morgan fingerprint density at radius 2 is 2.08 bits per heavy atom. The SMILES string of the molecule is OC[C@@H]1NCC[C@@H]1c1ccccc1. The van der Waals surface area contributed by atoms with Crippen LogP contribution in [0.25, 0.3) is 0 Å². The van der Waals surface area contributed by atoms with Crippen LogP contribution in [0.15, 0.2) is 30.3 Å². The van der Waals surface area contributed by atoms with E-state index in [0.29, 0.717) is 5.92 Å². The van der Waals surface area contributed by atoms with Crippen molar-refractivity contribution in [3.8, 4) is 0 Å². The molecule has 0 spiro atoms. The molecule has 1 aliphatic heterocycles. The van der Waals surface area contributed by atoms with Crippen LogP contribution in [0.1, 0.15) is 17.9 Å². The molecule has 1 aromatic rings. The monoisotopic (exact) mass is 177 g/mol. The molecule has 2 N–H and O–H groups in total. The Labute approximate surface area is 78.6 Å². The topological polar surface area (TPSA) is 32.3 Å². The highest BCUT2D eigenvalue weighted by Gasteiger charge is 2.26. The van der Waals surface area contributed by atoms with Gasteiger partial charge in [-0.1, -0.05) is 30.3 Å². The lowest BCUT2D eigenvalue weighted by atomic mass is 9.92. The maximum atomic E-state index is 9.14. The van der Waals surface area contributed by atoms with Crippen LogP contribution >= 0.6 is 0 Å². The molecule has 2 rings (SSSR count). The van der Waals surface area contributed by atoms with Crippen LogP contribution in [0.2, 0.25) is 0 Å². The number of nitrogens with one attached hydrogen (secondary N) is 1. The molecule has 1 saturated heterocycles. The minimum absolute atomic E-state index is 0.236. The second-order valence-corrected chi connectivity index (χ2v) is 3.55. The summed E-state index contributed by atoms with van der Waals surface area (Å²) in [5, 5.41) is 12.4. The van der Waals surface area contributed by atoms with Crippen molar-refractivity contribution in [3.05, 3.63) is 35.9 Å². The molecule has 0 aliphatic carbocycles. The van der Waals surface area contributed by atoms with Gasteiger partial charge in [0.05, 0.1) is 6.61 Å². The molecular formula is C11H15NO. The largest absolute Gasteiger partial charge is 0.395 e. The number of hydrogen-bond donors (Lipinski definition) is 2. The van der Waals surface area contributed by atoms with Gasteiger partial charge in [0, 0.05) is 12.0 Å². The van der Waals surface area contributed by atoms with Gasteiger partial charge in [-0.3, -0.25) is 0 Å². The molecule has 1 aromatic carbocycles. The Hall–Kier alpha value is -0.860. The first-order valence-electron chi connectivity index (χ1n) is 4.81. The van der Waals surface area contributed by atoms with Gasteiger partial charge in [0.2, 0.25) is 0 Å². The van der Waals surface area contributed by atoms with Crippen LogP contribution in [-0.2, 0) is 0 Å². The van der Waals surface area contributed by atoms with E-state index in [0.717, 1.165) is 13.0 Å². The van der Waals surface area contributed by atoms with E-state index in [1.54, 1.807) is 0 Å². The third-order valence-corrected chi connectivity index (χ3v) is 2.77. The first kappa shape index (κ1) is 8.73. The maximum Gasteiger partial charge on any atom is 0.0590 e. The molecule has 2 atom stereocenters. The first-order chi connectivity index (χ1) is 6.42. The lowest BCUT2D eigenvalue weighted by Crippen LogP contribution is -2.29. The third kappa shape index (κ3) is 1.74. The summed E-state index contributed by atoms with van der Waals surface area (Å²) < 4.78 is 0. The van der Waals surface area contributed by atoms with E-state index < -0.39 is 0 Å². The fourth-order valence-corrected chi connectivity index (χ4v) is 2.06. The zero-order valence-corrected chi connectivity index (χ0v) is 7.61. The van der Waals surface area contributed by atoms with E-state index in [1.807, 2.05) is 6.07 Å². The van der Waals surface area contributed by atoms with E-state index in [9.17, 15) is 0 Å². The molecule has 1 heterocycles. The average molecular weight is 177 g/mol. The van der Waals surface area contributed by atoms with Gasteiger partial charge in [-0.05, 0) is 18.5 Å². The fourth-order valence-electron chi connectivity index (χ4n) is 2.06. The molecule has 2 nitrogen and oxygen atoms in total. The highest BCUT2D eigenvalue weighted by molar-refractivity contribution is 5.22. The predicted molar refractivity (Wildman–Crippen MR) is 52.7 cm³/mol. The maximum absolute atomic E-state index is 9.14. The molecule has 1 aliphatic rings. The fraction of sp³-hybridized carbons (Fsp3) is 0.455. The molecule has 2 heteroatoms. The predicted octanol–water partition coefficient (Wildman–Crippen LogP) is 1.12. The highest BCUT2D eigenvalue weighted by Crippen LogP contribution is 2.26. The molecule has 70 valence electrons. The van der Waals surface area contributed by atoms with Crippen LogP contribution in [0.3, 0.4) is 0 Å². The van der Waals surface area contributed by atoms with E-state index in [1.165, 1.54) is 5.56 Å². The minimum atomic E-state index is 0.236. The molecule has 0 bridgehead atoms. The quantitative estimate of drug-likeness (QED) is 0.709. The normalized spacial score (nSPS) is 27.8. The van der Waals surface area contributed by atoms with Crippen molar-refractivity contribution in [1.82, 2.24) is 5.32 Å². The van der Waals surface area contributed by atoms with Gasteiger partial charge in [-0.15, -0.1) is 0 Å². The van der Waals surface area contributed by atoms with E-state index >= 15 is 0 Å². The van der Waals surface area contributed by atoms with Crippen LogP contribution in [-0.4, -0.2) is 24.3 Å². The van der Waals surface area contributed by atoms with Crippen LogP contribution in [0, 0.1) is 0 Å². The third-order valence-electron chi connectivity index (χ3n) is 2.77. The number of aliphatic hydroxyl groups is 1. The standard InChI is InChI=1S/C11H15NO/c13-8-11-10(6-7-12-11)9-4-2-1-3-5-9/h1-5,10-13H,6-8H2/t10-,11+/m1/s1. The number of aliphatic hydroxyl groups excluding tert-OH is 1. The second-order valence-electron chi connectivity index (χ2n) is 3.55. The smallest absolute Gasteiger partial charge is 0.0590 e. The summed E-state index contributed by atoms with van der Waals surface area (Å²) in [5.41, 5.74) is 1.34. The zero-order chi connectivity index (χ0) is 9.10. The molecular weight excluding hydrogens is 162 g/mol. The van der Waals surface area contributed by atoms with E-state index in [4.69, 9.17) is 5.11 Å². The van der Waals surface area contributed by atoms with Crippen LogP contribution in [0.4, 0.5) is 0 Å². The Bertz CT molecular complexity index is 260. The average Bonchev–Trinajstić information content (AvgIpc) is 2.67. The summed E-state index contributed by atoms with van der Waals surface area (Å²) in [5.74, 6) is 0.492. The molecule has 0 aromatic heterocycles. The number of benzene rings is 1. The van der Waals surface area contributed by atoms with E-state index in [-0.39, 0.29) is 12.6 Å². The van der Waals surface area contributed by atoms with E-state index in [2.05, 4.69) is 29.6 Å². The summed E-state index contributed by atoms with van der Waals surface area (Å²) in [4.78, 5) is 0. The highest BCUT2D eigenvalue weighted by atomic mass is 16.3.